The molecule has 0 aliphatic heterocycles. The van der Waals surface area contributed by atoms with E-state index in [4.69, 9.17) is 14.2 Å². The first-order chi connectivity index (χ1) is 40.0. The highest BCUT2D eigenvalue weighted by Crippen LogP contribution is 2.12. The molecule has 0 saturated heterocycles. The number of rotatable bonds is 55. The Labute approximate surface area is 497 Å². The molecule has 81 heavy (non-hydrogen) atoms. The summed E-state index contributed by atoms with van der Waals surface area (Å²) in [4.78, 5) is 38.2. The molecule has 1 atom stereocenters. The fourth-order valence-corrected chi connectivity index (χ4v) is 7.83. The first kappa shape index (κ1) is 75.2. The van der Waals surface area contributed by atoms with E-state index in [-0.39, 0.29) is 37.5 Å². The molecule has 0 aromatic rings. The van der Waals surface area contributed by atoms with Gasteiger partial charge in [-0.15, -0.1) is 0 Å². The lowest BCUT2D eigenvalue weighted by Crippen LogP contribution is -2.30. The maximum atomic E-state index is 12.9. The summed E-state index contributed by atoms with van der Waals surface area (Å²) >= 11 is 0. The van der Waals surface area contributed by atoms with E-state index in [1.54, 1.807) is 0 Å². The van der Waals surface area contributed by atoms with Crippen LogP contribution in [0.25, 0.3) is 0 Å². The molecule has 0 rings (SSSR count). The lowest BCUT2D eigenvalue weighted by Gasteiger charge is -2.18. The molecule has 0 aromatic heterocycles. The van der Waals surface area contributed by atoms with Crippen molar-refractivity contribution in [3.05, 3.63) is 194 Å². The van der Waals surface area contributed by atoms with E-state index in [2.05, 4.69) is 215 Å². The quantitative estimate of drug-likeness (QED) is 0.0261. The Morgan fingerprint density at radius 3 is 0.802 bits per heavy atom. The van der Waals surface area contributed by atoms with Crippen LogP contribution in [0.1, 0.15) is 239 Å². The van der Waals surface area contributed by atoms with Crippen LogP contribution in [0.4, 0.5) is 0 Å². The van der Waals surface area contributed by atoms with Crippen LogP contribution in [-0.2, 0) is 28.6 Å². The monoisotopic (exact) mass is 1110 g/mol. The van der Waals surface area contributed by atoms with Crippen molar-refractivity contribution in [1.82, 2.24) is 0 Å². The highest BCUT2D eigenvalue weighted by atomic mass is 16.6. The third-order valence-electron chi connectivity index (χ3n) is 12.6. The Morgan fingerprint density at radius 1 is 0.259 bits per heavy atom. The first-order valence-electron chi connectivity index (χ1n) is 31.9. The summed E-state index contributed by atoms with van der Waals surface area (Å²) in [5.41, 5.74) is 0. The van der Waals surface area contributed by atoms with Gasteiger partial charge in [0.25, 0.3) is 0 Å². The first-order valence-corrected chi connectivity index (χ1v) is 31.9. The van der Waals surface area contributed by atoms with E-state index in [9.17, 15) is 14.4 Å². The van der Waals surface area contributed by atoms with Gasteiger partial charge in [0.15, 0.2) is 6.10 Å². The predicted molar refractivity (Wildman–Crippen MR) is 352 cm³/mol. The number of allylic oxidation sites excluding steroid dienone is 32. The van der Waals surface area contributed by atoms with Gasteiger partial charge in [-0.25, -0.2) is 0 Å². The summed E-state index contributed by atoms with van der Waals surface area (Å²) in [6.45, 7) is 6.28. The van der Waals surface area contributed by atoms with Crippen molar-refractivity contribution in [1.29, 1.82) is 0 Å². The van der Waals surface area contributed by atoms with E-state index in [0.29, 0.717) is 19.3 Å². The van der Waals surface area contributed by atoms with Crippen molar-refractivity contribution < 1.29 is 28.6 Å². The predicted octanol–water partition coefficient (Wildman–Crippen LogP) is 22.2. The van der Waals surface area contributed by atoms with Gasteiger partial charge in [-0.3, -0.25) is 14.4 Å². The smallest absolute Gasteiger partial charge is 0.306 e. The van der Waals surface area contributed by atoms with Crippen LogP contribution >= 0.6 is 0 Å². The molecule has 0 heterocycles. The minimum Gasteiger partial charge on any atom is -0.462 e. The summed E-state index contributed by atoms with van der Waals surface area (Å²) in [6.07, 6.45) is 102. The van der Waals surface area contributed by atoms with Gasteiger partial charge in [0.1, 0.15) is 13.2 Å². The van der Waals surface area contributed by atoms with Crippen molar-refractivity contribution in [3.8, 4) is 0 Å². The zero-order valence-corrected chi connectivity index (χ0v) is 51.5. The number of hydrogen-bond acceptors (Lipinski definition) is 6. The fraction of sp³-hybridized carbons (Fsp3) is 0.533. The number of unbranched alkanes of at least 4 members (excludes halogenated alkanes) is 12. The number of ether oxygens (including phenoxy) is 3. The highest BCUT2D eigenvalue weighted by molar-refractivity contribution is 5.71. The number of carbonyl (C=O) groups excluding carboxylic acids is 3. The average Bonchev–Trinajstić information content (AvgIpc) is 3.47. The van der Waals surface area contributed by atoms with Gasteiger partial charge in [-0.2, -0.15) is 0 Å². The third kappa shape index (κ3) is 64.9. The van der Waals surface area contributed by atoms with Gasteiger partial charge >= 0.3 is 17.9 Å². The molecule has 0 spiro atoms. The lowest BCUT2D eigenvalue weighted by atomic mass is 10.1. The lowest BCUT2D eigenvalue weighted by molar-refractivity contribution is -0.167. The van der Waals surface area contributed by atoms with Crippen LogP contribution in [0.3, 0.4) is 0 Å². The topological polar surface area (TPSA) is 78.9 Å². The fourth-order valence-electron chi connectivity index (χ4n) is 7.83. The molecule has 0 fully saturated rings. The van der Waals surface area contributed by atoms with E-state index >= 15 is 0 Å². The van der Waals surface area contributed by atoms with Crippen molar-refractivity contribution in [2.45, 2.75) is 245 Å². The minimum atomic E-state index is -0.831. The van der Waals surface area contributed by atoms with Crippen LogP contribution in [-0.4, -0.2) is 37.2 Å². The second kappa shape index (κ2) is 66.8. The SMILES string of the molecule is CC/C=C\C/C=C\C/C=C\C/C=C\C/C=C\C/C=C\C/C=C\C/C=C\C/C=C\CCCCCC(=O)OCC(COC(=O)CCCCCCC/C=C\CCCC)OC(=O)CCCC/C=C\C/C=C\C/C=C\C/C=C\C/C=C\C/C=C\CC. The van der Waals surface area contributed by atoms with Crippen LogP contribution < -0.4 is 0 Å². The number of carbonyl (C=O) groups is 3. The van der Waals surface area contributed by atoms with Gasteiger partial charge in [-0.05, 0) is 161 Å². The summed E-state index contributed by atoms with van der Waals surface area (Å²) < 4.78 is 16.8. The van der Waals surface area contributed by atoms with Crippen LogP contribution in [0, 0.1) is 0 Å². The van der Waals surface area contributed by atoms with E-state index in [1.807, 2.05) is 0 Å². The van der Waals surface area contributed by atoms with E-state index in [1.165, 1.54) is 19.3 Å². The second-order valence-electron chi connectivity index (χ2n) is 20.2. The number of esters is 3. The third-order valence-corrected chi connectivity index (χ3v) is 12.6. The van der Waals surface area contributed by atoms with Crippen LogP contribution in [0.2, 0.25) is 0 Å². The van der Waals surface area contributed by atoms with E-state index in [0.717, 1.165) is 173 Å². The van der Waals surface area contributed by atoms with Gasteiger partial charge < -0.3 is 14.2 Å². The molecule has 0 radical (unpaired) electrons. The maximum Gasteiger partial charge on any atom is 0.306 e. The molecule has 0 aliphatic rings. The molecule has 0 aliphatic carbocycles. The maximum absolute atomic E-state index is 12.9. The molecule has 0 aromatic carbocycles. The van der Waals surface area contributed by atoms with E-state index < -0.39 is 6.10 Å². The molecule has 6 nitrogen and oxygen atoms in total. The molecule has 0 saturated carbocycles. The Kier molecular flexibility index (Phi) is 62.0. The molecule has 0 amide bonds. The Hall–Kier alpha value is -5.75. The van der Waals surface area contributed by atoms with Crippen molar-refractivity contribution in [2.24, 2.45) is 0 Å². The molecule has 450 valence electrons. The standard InChI is InChI=1S/C75H114O6/c1-4-7-10-13-16-19-22-24-26-28-30-32-33-34-35-36-37-38-39-40-41-43-44-46-48-50-53-56-59-62-65-68-74(77)80-71-72(70-79-73(76)67-64-61-58-55-52-21-18-15-12-9-6-3)81-75(78)69-66-63-60-57-54-51-49-47-45-42-31-29-27-25-23-20-17-14-11-8-5-2/h7-8,10-11,15-20,24-27,30-32,34-35,37-38,40-42,44,46-47,49-50,53-54,57,72H,4-6,9,12-14,21-23,28-29,33,36,39,43,45,48,51-52,55-56,58-71H2,1-3H3/b10-7-,11-8-,18-15-,19-16-,20-17-,26-24-,27-25-,32-30-,35-34-,38-37-,41-40-,42-31-,46-44-,49-47-,53-50-,57-54-. The Morgan fingerprint density at radius 2 is 0.481 bits per heavy atom. The normalized spacial score (nSPS) is 13.5. The molecule has 1 unspecified atom stereocenters. The van der Waals surface area contributed by atoms with Crippen molar-refractivity contribution in [2.75, 3.05) is 13.2 Å². The highest BCUT2D eigenvalue weighted by Gasteiger charge is 2.19. The second-order valence-corrected chi connectivity index (χ2v) is 20.2. The zero-order chi connectivity index (χ0) is 58.5. The molecular formula is C75H114O6. The average molecular weight is 1110 g/mol. The molecule has 6 heteroatoms. The summed E-state index contributed by atoms with van der Waals surface area (Å²) in [6, 6.07) is 0. The van der Waals surface area contributed by atoms with Crippen LogP contribution in [0.5, 0.6) is 0 Å². The van der Waals surface area contributed by atoms with Gasteiger partial charge in [-0.1, -0.05) is 254 Å². The summed E-state index contributed by atoms with van der Waals surface area (Å²) in [5, 5.41) is 0. The van der Waals surface area contributed by atoms with Crippen molar-refractivity contribution in [3.63, 3.8) is 0 Å². The molecule has 0 N–H and O–H groups in total. The summed E-state index contributed by atoms with van der Waals surface area (Å²) in [5.74, 6) is -1.02. The summed E-state index contributed by atoms with van der Waals surface area (Å²) in [7, 11) is 0. The number of hydrogen-bond donors (Lipinski definition) is 0. The van der Waals surface area contributed by atoms with Crippen molar-refractivity contribution >= 4 is 17.9 Å². The Bertz CT molecular complexity index is 1950. The zero-order valence-electron chi connectivity index (χ0n) is 51.5. The van der Waals surface area contributed by atoms with Gasteiger partial charge in [0, 0.05) is 19.3 Å². The molecule has 0 bridgehead atoms. The Balaban J connectivity index is 4.47. The molecular weight excluding hydrogens is 997 g/mol. The van der Waals surface area contributed by atoms with Gasteiger partial charge in [0.05, 0.1) is 0 Å². The minimum absolute atomic E-state index is 0.121. The largest absolute Gasteiger partial charge is 0.462 e. The van der Waals surface area contributed by atoms with Gasteiger partial charge in [0.2, 0.25) is 0 Å². The van der Waals surface area contributed by atoms with Crippen LogP contribution in [0.15, 0.2) is 194 Å².